The molecule has 16 bridgehead atoms. The van der Waals surface area contributed by atoms with Gasteiger partial charge >= 0.3 is 0 Å². The van der Waals surface area contributed by atoms with Crippen LogP contribution in [0.15, 0.2) is 0 Å². The van der Waals surface area contributed by atoms with Gasteiger partial charge in [-0.25, -0.2) is 0 Å². The molecule has 30 aliphatic heterocycles. The van der Waals surface area contributed by atoms with Crippen molar-refractivity contribution < 1.29 is 198 Å². The fraction of sp³-hybridized carbons (Fsp3) is 1.00. The Kier molecular flexibility index (Phi) is 40.4. The van der Waals surface area contributed by atoms with Crippen molar-refractivity contribution in [1.82, 2.24) is 39.2 Å². The molecule has 24 N–H and O–H groups in total. The van der Waals surface area contributed by atoms with Gasteiger partial charge in [0, 0.05) is 105 Å². The third-order valence-corrected chi connectivity index (χ3v) is 23.2. The number of likely N-dealkylation sites (N-methyl/N-ethyl adjacent to an activating group) is 8. The lowest BCUT2D eigenvalue weighted by molar-refractivity contribution is -0.401. The molecular formula is C72H136N8O40. The minimum absolute atomic E-state index is 0.0373. The van der Waals surface area contributed by atoms with E-state index < -0.39 is 299 Å². The highest BCUT2D eigenvalue weighted by Crippen LogP contribution is 2.41. The Hall–Kier alpha value is -1.92. The summed E-state index contributed by atoms with van der Waals surface area (Å²) in [5, 5.41) is 277. The minimum atomic E-state index is -2.19. The average Bonchev–Trinajstić information content (AvgIpc) is 0.768. The Morgan fingerprint density at radius 2 is 0.242 bits per heavy atom. The van der Waals surface area contributed by atoms with Crippen molar-refractivity contribution in [1.29, 1.82) is 0 Å². The summed E-state index contributed by atoms with van der Waals surface area (Å²) >= 11 is 0. The number of aliphatic hydroxyl groups is 24. The van der Waals surface area contributed by atoms with Crippen LogP contribution in [0.4, 0.5) is 0 Å². The summed E-state index contributed by atoms with van der Waals surface area (Å²) in [6, 6.07) is 0. The lowest BCUT2D eigenvalue weighted by atomic mass is 9.94. The Morgan fingerprint density at radius 1 is 0.150 bits per heavy atom. The van der Waals surface area contributed by atoms with Gasteiger partial charge in [0.05, 0.1) is 52.9 Å². The maximum Gasteiger partial charge on any atom is 0.187 e. The molecule has 0 radical (unpaired) electrons. The van der Waals surface area contributed by atoms with E-state index in [2.05, 4.69) is 0 Å². The van der Waals surface area contributed by atoms with E-state index in [4.69, 9.17) is 75.8 Å². The fourth-order valence-corrected chi connectivity index (χ4v) is 16.5. The molecule has 120 heavy (non-hydrogen) atoms. The third kappa shape index (κ3) is 25.4. The largest absolute Gasteiger partial charge is 0.395 e. The van der Waals surface area contributed by atoms with Crippen LogP contribution < -0.4 is 0 Å². The van der Waals surface area contributed by atoms with Crippen molar-refractivity contribution >= 4 is 0 Å². The van der Waals surface area contributed by atoms with Gasteiger partial charge in [0.15, 0.2) is 50.3 Å². The van der Waals surface area contributed by atoms with Crippen molar-refractivity contribution in [2.75, 3.05) is 214 Å². The standard InChI is InChI=1S/C72H136N8O40/c1-73(9-17-81)25-33-57-41(89)49(97)65(105-33)114-58-34(26-74(2)10-18-82)107-67(51(99)43(58)91)116-60-36(28-76(4)12-20-84)109-69(53(101)45(60)93)118-62-38(30-78(6)14-22-86)111-71(55(103)47(62)95)120-64-40(32-80(8)16-24-88)112-72(56(104)48(64)96)119-63-39(31-79(7)15-23-87)110-70(54(102)46(63)94)117-61-37(29-77(5)13-21-85)108-68(52(100)44(61)92)115-59-35(27-75(3)11-19-83)106-66(113-57)50(98)42(59)90/h33-72,81-104H,9-32H2,1-8H3/t33-,34-,35-,36-,37-,38-,39-,40-,41-,42-,43-,44-,45-,46-,47-,48-,49-,50-,51-,52-,53-,54-,55-,56-,57-,58-,59-,60-,61-,62-,63-,64-,65-,66-,67-,68-,69-,70-,71-,72-/m1/s1. The molecule has 30 aliphatic rings. The molecule has 40 atom stereocenters. The second-order valence-corrected chi connectivity index (χ2v) is 32.9. The van der Waals surface area contributed by atoms with Crippen molar-refractivity contribution in [2.24, 2.45) is 0 Å². The second kappa shape index (κ2) is 47.6. The van der Waals surface area contributed by atoms with Gasteiger partial charge in [-0.15, -0.1) is 0 Å². The first-order valence-electron chi connectivity index (χ1n) is 40.8. The highest BCUT2D eigenvalue weighted by molar-refractivity contribution is 5.05. The maximum absolute atomic E-state index is 12.4. The molecule has 0 saturated carbocycles. The van der Waals surface area contributed by atoms with E-state index in [1.165, 1.54) is 95.6 Å². The summed E-state index contributed by atoms with van der Waals surface area (Å²) in [5.41, 5.74) is 0. The smallest absolute Gasteiger partial charge is 0.187 e. The number of ether oxygens (including phenoxy) is 16. The lowest BCUT2D eigenvalue weighted by Crippen LogP contribution is -2.70. The molecule has 0 spiro atoms. The zero-order chi connectivity index (χ0) is 88.0. The SMILES string of the molecule is CN(CCO)C[C@H]1O[C@@H]2O[C@H]3[C@H](O)[C@@H](O)[C@@H](O[C@H]4[C@H](O)[C@@H](O)[C@@H](O[C@H]5[C@H](O)[C@@H](O)[C@@H](O[C@H]6[C@H](O)[C@@H](O)[C@@H](O[C@H]7[C@H](O)[C@@H](O)[C@@H](O[C@H]8[C@H](O)[C@@H](O)[C@@H](O[C@H]9[C@H](O)[C@@H](O)[C@@H](O[C@H]1[C@H](O)[C@H]2O)O[C@@H]9CN(C)CCO)O[C@@H]8CN(C)CCO)O[C@@H]7CN(C)CCO)O[C@@H]6CN(C)CCO)O[C@@H]5CN(C)CCO)O[C@@H]4CN(C)CCO)O[C@@H]3CN(C)CCO. The monoisotopic (exact) mass is 1750 g/mol. The molecular weight excluding hydrogens is 1620 g/mol. The van der Waals surface area contributed by atoms with Gasteiger partial charge in [0.2, 0.25) is 0 Å². The van der Waals surface area contributed by atoms with E-state index in [0.29, 0.717) is 0 Å². The first kappa shape index (κ1) is 102. The van der Waals surface area contributed by atoms with Crippen LogP contribution in [-0.4, -0.2) is 621 Å². The second-order valence-electron chi connectivity index (χ2n) is 32.9. The summed E-state index contributed by atoms with van der Waals surface area (Å²) in [4.78, 5) is 12.2. The molecule has 48 nitrogen and oxygen atoms in total. The van der Waals surface area contributed by atoms with E-state index in [1.54, 1.807) is 0 Å². The van der Waals surface area contributed by atoms with Gasteiger partial charge in [-0.2, -0.15) is 0 Å². The van der Waals surface area contributed by atoms with Crippen LogP contribution in [0.3, 0.4) is 0 Å². The lowest BCUT2D eigenvalue weighted by Gasteiger charge is -2.52. The first-order chi connectivity index (χ1) is 57.0. The van der Waals surface area contributed by atoms with Crippen molar-refractivity contribution in [2.45, 2.75) is 246 Å². The van der Waals surface area contributed by atoms with Gasteiger partial charge in [0.25, 0.3) is 0 Å². The van der Waals surface area contributed by atoms with Crippen LogP contribution in [0.1, 0.15) is 0 Å². The van der Waals surface area contributed by atoms with Crippen LogP contribution in [0.5, 0.6) is 0 Å². The number of nitrogens with zero attached hydrogens (tertiary/aromatic N) is 8. The van der Waals surface area contributed by atoms with Gasteiger partial charge < -0.3 is 238 Å². The summed E-state index contributed by atoms with van der Waals surface area (Å²) in [6.07, 6.45) is -76.7. The zero-order valence-corrected chi connectivity index (χ0v) is 68.9. The summed E-state index contributed by atoms with van der Waals surface area (Å²) in [6.45, 7) is -5.89. The Labute approximate surface area is 695 Å². The van der Waals surface area contributed by atoms with E-state index >= 15 is 0 Å². The predicted molar refractivity (Wildman–Crippen MR) is 401 cm³/mol. The normalized spacial score (nSPS) is 44.2. The molecule has 0 aliphatic carbocycles. The fourth-order valence-electron chi connectivity index (χ4n) is 16.5. The summed E-state index contributed by atoms with van der Waals surface area (Å²) < 4.78 is 102. The first-order valence-corrected chi connectivity index (χ1v) is 40.8. The molecule has 0 unspecified atom stereocenters. The summed E-state index contributed by atoms with van der Waals surface area (Å²) in [5.74, 6) is 0. The highest BCUT2D eigenvalue weighted by atomic mass is 16.8. The van der Waals surface area contributed by atoms with E-state index in [-0.39, 0.29) is 105 Å². The third-order valence-electron chi connectivity index (χ3n) is 23.2. The van der Waals surface area contributed by atoms with Crippen molar-refractivity contribution in [3.63, 3.8) is 0 Å². The van der Waals surface area contributed by atoms with Crippen LogP contribution in [0.2, 0.25) is 0 Å². The summed E-state index contributed by atoms with van der Waals surface area (Å²) in [7, 11) is 12.3. The number of hydrogen-bond donors (Lipinski definition) is 24. The Morgan fingerprint density at radius 3 is 0.325 bits per heavy atom. The molecule has 48 heteroatoms. The topological polar surface area (TPSA) is 659 Å². The van der Waals surface area contributed by atoms with E-state index in [9.17, 15) is 123 Å². The highest BCUT2D eigenvalue weighted by Gasteiger charge is 2.61. The molecule has 0 aromatic heterocycles. The average molecular weight is 1750 g/mol. The molecule has 30 saturated heterocycles. The van der Waals surface area contributed by atoms with Gasteiger partial charge in [-0.3, -0.25) is 0 Å². The number of hydrogen-bond acceptors (Lipinski definition) is 48. The van der Waals surface area contributed by atoms with Crippen LogP contribution in [0, 0.1) is 0 Å². The van der Waals surface area contributed by atoms with Crippen LogP contribution in [0.25, 0.3) is 0 Å². The molecule has 704 valence electrons. The molecule has 0 aromatic rings. The van der Waals surface area contributed by atoms with Crippen molar-refractivity contribution in [3.8, 4) is 0 Å². The zero-order valence-electron chi connectivity index (χ0n) is 68.9. The molecule has 30 fully saturated rings. The number of aliphatic hydroxyl groups excluding tert-OH is 24. The molecule has 30 rings (SSSR count). The quantitative estimate of drug-likeness (QED) is 0.0297. The van der Waals surface area contributed by atoms with Gasteiger partial charge in [-0.05, 0) is 56.4 Å². The van der Waals surface area contributed by atoms with Crippen LogP contribution in [-0.2, 0) is 75.8 Å². The Bertz CT molecular complexity index is 2360. The van der Waals surface area contributed by atoms with Crippen molar-refractivity contribution in [3.05, 3.63) is 0 Å². The minimum Gasteiger partial charge on any atom is -0.395 e. The maximum atomic E-state index is 12.4. The number of rotatable bonds is 32. The molecule has 30 heterocycles. The predicted octanol–water partition coefficient (Wildman–Crippen LogP) is -18.0. The van der Waals surface area contributed by atoms with Gasteiger partial charge in [-0.1, -0.05) is 0 Å². The van der Waals surface area contributed by atoms with Crippen LogP contribution >= 0.6 is 0 Å². The van der Waals surface area contributed by atoms with Gasteiger partial charge in [0.1, 0.15) is 195 Å². The van der Waals surface area contributed by atoms with E-state index in [1.807, 2.05) is 0 Å². The molecule has 0 amide bonds. The van der Waals surface area contributed by atoms with E-state index in [0.717, 1.165) is 0 Å². The molecule has 0 aromatic carbocycles. The Balaban J connectivity index is 1.12.